The maximum Gasteiger partial charge on any atom is 0.408 e. The second kappa shape index (κ2) is 7.31. The van der Waals surface area contributed by atoms with E-state index in [1.165, 1.54) is 7.11 Å². The summed E-state index contributed by atoms with van der Waals surface area (Å²) in [6.07, 6.45) is -0.643. The molecule has 0 saturated carbocycles. The Labute approximate surface area is 129 Å². The van der Waals surface area contributed by atoms with Gasteiger partial charge in [0.25, 0.3) is 0 Å². The number of hydrogen-bond acceptors (Lipinski definition) is 4. The Morgan fingerprint density at radius 2 is 1.90 bits per heavy atom. The Morgan fingerprint density at radius 1 is 1.29 bits per heavy atom. The number of halogens is 1. The fourth-order valence-electron chi connectivity index (χ4n) is 1.70. The van der Waals surface area contributed by atoms with Gasteiger partial charge in [-0.15, -0.1) is 0 Å². The summed E-state index contributed by atoms with van der Waals surface area (Å²) < 4.78 is 9.85. The summed E-state index contributed by atoms with van der Waals surface area (Å²) in [5.41, 5.74) is 0.0100. The van der Waals surface area contributed by atoms with Gasteiger partial charge in [0.1, 0.15) is 5.60 Å². The van der Waals surface area contributed by atoms with Crippen LogP contribution in [0.2, 0.25) is 5.02 Å². The third kappa shape index (κ3) is 6.04. The van der Waals surface area contributed by atoms with E-state index in [0.717, 1.165) is 0 Å². The molecule has 0 aliphatic rings. The highest BCUT2D eigenvalue weighted by atomic mass is 35.5. The zero-order chi connectivity index (χ0) is 16.0. The molecular formula is C15H20ClNO4. The molecule has 5 nitrogen and oxygen atoms in total. The molecule has 0 aromatic heterocycles. The molecule has 1 aromatic carbocycles. The maximum atomic E-state index is 11.9. The van der Waals surface area contributed by atoms with Gasteiger partial charge in [0.2, 0.25) is 0 Å². The van der Waals surface area contributed by atoms with Gasteiger partial charge in [-0.1, -0.05) is 29.8 Å². The van der Waals surface area contributed by atoms with Crippen molar-refractivity contribution >= 4 is 23.7 Å². The highest BCUT2D eigenvalue weighted by Crippen LogP contribution is 2.25. The van der Waals surface area contributed by atoms with Gasteiger partial charge in [0, 0.05) is 5.02 Å². The van der Waals surface area contributed by atoms with Crippen LogP contribution in [0.1, 0.15) is 38.8 Å². The lowest BCUT2D eigenvalue weighted by molar-refractivity contribution is -0.141. The Morgan fingerprint density at radius 3 is 2.43 bits per heavy atom. The number of benzene rings is 1. The van der Waals surface area contributed by atoms with Gasteiger partial charge in [0.05, 0.1) is 19.6 Å². The van der Waals surface area contributed by atoms with Crippen LogP contribution in [0.15, 0.2) is 24.3 Å². The molecule has 6 heteroatoms. The molecule has 0 spiro atoms. The van der Waals surface area contributed by atoms with Crippen LogP contribution < -0.4 is 5.32 Å². The summed E-state index contributed by atoms with van der Waals surface area (Å²) in [5, 5.41) is 3.11. The van der Waals surface area contributed by atoms with Crippen molar-refractivity contribution in [1.29, 1.82) is 0 Å². The maximum absolute atomic E-state index is 11.9. The first-order valence-electron chi connectivity index (χ1n) is 6.53. The molecule has 0 saturated heterocycles. The summed E-state index contributed by atoms with van der Waals surface area (Å²) in [5.74, 6) is -0.448. The molecule has 0 heterocycles. The van der Waals surface area contributed by atoms with Crippen LogP contribution in [-0.4, -0.2) is 24.8 Å². The second-order valence-electron chi connectivity index (χ2n) is 5.50. The topological polar surface area (TPSA) is 64.6 Å². The van der Waals surface area contributed by atoms with Crippen LogP contribution in [0.25, 0.3) is 0 Å². The number of hydrogen-bond donors (Lipinski definition) is 1. The molecule has 0 radical (unpaired) electrons. The standard InChI is InChI=1S/C15H20ClNO4/c1-15(2,3)21-14(19)17-12(9-13(18)20-4)10-7-5-6-8-11(10)16/h5-8,12H,9H2,1-4H3,(H,17,19). The first kappa shape index (κ1) is 17.3. The SMILES string of the molecule is COC(=O)CC(NC(=O)OC(C)(C)C)c1ccccc1Cl. The lowest BCUT2D eigenvalue weighted by Crippen LogP contribution is -2.36. The summed E-state index contributed by atoms with van der Waals surface area (Å²) in [4.78, 5) is 23.4. The molecule has 0 fully saturated rings. The minimum atomic E-state index is -0.625. The molecule has 116 valence electrons. The molecule has 1 aromatic rings. The van der Waals surface area contributed by atoms with E-state index in [-0.39, 0.29) is 6.42 Å². The quantitative estimate of drug-likeness (QED) is 0.864. The van der Waals surface area contributed by atoms with Crippen molar-refractivity contribution in [3.05, 3.63) is 34.9 Å². The van der Waals surface area contributed by atoms with E-state index in [1.54, 1.807) is 45.0 Å². The molecule has 1 rings (SSSR count). The number of alkyl carbamates (subject to hydrolysis) is 1. The largest absolute Gasteiger partial charge is 0.469 e. The van der Waals surface area contributed by atoms with E-state index in [2.05, 4.69) is 10.1 Å². The average Bonchev–Trinajstić information content (AvgIpc) is 2.36. The van der Waals surface area contributed by atoms with E-state index < -0.39 is 23.7 Å². The van der Waals surface area contributed by atoms with Crippen molar-refractivity contribution < 1.29 is 19.1 Å². The van der Waals surface area contributed by atoms with Crippen LogP contribution in [-0.2, 0) is 14.3 Å². The van der Waals surface area contributed by atoms with E-state index in [9.17, 15) is 9.59 Å². The number of rotatable bonds is 4. The van der Waals surface area contributed by atoms with Gasteiger partial charge in [-0.3, -0.25) is 4.79 Å². The number of amides is 1. The lowest BCUT2D eigenvalue weighted by Gasteiger charge is -2.24. The van der Waals surface area contributed by atoms with Crippen molar-refractivity contribution in [3.63, 3.8) is 0 Å². The zero-order valence-electron chi connectivity index (χ0n) is 12.6. The zero-order valence-corrected chi connectivity index (χ0v) is 13.4. The summed E-state index contributed by atoms with van der Waals surface area (Å²) in [6, 6.07) is 6.38. The van der Waals surface area contributed by atoms with Gasteiger partial charge < -0.3 is 14.8 Å². The van der Waals surface area contributed by atoms with Crippen LogP contribution in [0.4, 0.5) is 4.79 Å². The third-order valence-corrected chi connectivity index (χ3v) is 2.91. The minimum absolute atomic E-state index is 0.0283. The Balaban J connectivity index is 2.91. The van der Waals surface area contributed by atoms with Crippen LogP contribution >= 0.6 is 11.6 Å². The van der Waals surface area contributed by atoms with Crippen molar-refractivity contribution in [3.8, 4) is 0 Å². The molecule has 1 atom stereocenters. The van der Waals surface area contributed by atoms with Gasteiger partial charge in [-0.05, 0) is 32.4 Å². The minimum Gasteiger partial charge on any atom is -0.469 e. The molecule has 0 aliphatic carbocycles. The van der Waals surface area contributed by atoms with E-state index in [1.807, 2.05) is 0 Å². The molecule has 1 amide bonds. The number of carbonyl (C=O) groups is 2. The number of methoxy groups -OCH3 is 1. The monoisotopic (exact) mass is 313 g/mol. The normalized spacial score (nSPS) is 12.4. The summed E-state index contributed by atoms with van der Waals surface area (Å²) >= 11 is 6.12. The average molecular weight is 314 g/mol. The van der Waals surface area contributed by atoms with E-state index in [4.69, 9.17) is 16.3 Å². The Bertz CT molecular complexity index is 511. The Hall–Kier alpha value is -1.75. The lowest BCUT2D eigenvalue weighted by atomic mass is 10.0. The molecule has 1 unspecified atom stereocenters. The van der Waals surface area contributed by atoms with Crippen molar-refractivity contribution in [2.24, 2.45) is 0 Å². The fraction of sp³-hybridized carbons (Fsp3) is 0.467. The predicted molar refractivity (Wildman–Crippen MR) is 80.2 cm³/mol. The van der Waals surface area contributed by atoms with Crippen LogP contribution in [0.5, 0.6) is 0 Å². The molecule has 21 heavy (non-hydrogen) atoms. The third-order valence-electron chi connectivity index (χ3n) is 2.57. The molecule has 0 bridgehead atoms. The Kier molecular flexibility index (Phi) is 6.03. The number of esters is 1. The smallest absolute Gasteiger partial charge is 0.408 e. The van der Waals surface area contributed by atoms with Gasteiger partial charge in [-0.25, -0.2) is 4.79 Å². The molecule has 0 aliphatic heterocycles. The number of nitrogens with one attached hydrogen (secondary N) is 1. The first-order chi connectivity index (χ1) is 9.73. The summed E-state index contributed by atoms with van der Waals surface area (Å²) in [7, 11) is 1.29. The molecular weight excluding hydrogens is 294 g/mol. The van der Waals surface area contributed by atoms with Crippen LogP contribution in [0, 0.1) is 0 Å². The second-order valence-corrected chi connectivity index (χ2v) is 5.91. The summed E-state index contributed by atoms with van der Waals surface area (Å²) in [6.45, 7) is 5.28. The molecule has 1 N–H and O–H groups in total. The van der Waals surface area contributed by atoms with Gasteiger partial charge in [-0.2, -0.15) is 0 Å². The number of carbonyl (C=O) groups excluding carboxylic acids is 2. The van der Waals surface area contributed by atoms with Crippen molar-refractivity contribution in [1.82, 2.24) is 5.32 Å². The highest BCUT2D eigenvalue weighted by Gasteiger charge is 2.24. The first-order valence-corrected chi connectivity index (χ1v) is 6.91. The van der Waals surface area contributed by atoms with E-state index >= 15 is 0 Å². The highest BCUT2D eigenvalue weighted by molar-refractivity contribution is 6.31. The van der Waals surface area contributed by atoms with E-state index in [0.29, 0.717) is 10.6 Å². The fourth-order valence-corrected chi connectivity index (χ4v) is 1.96. The van der Waals surface area contributed by atoms with Crippen molar-refractivity contribution in [2.45, 2.75) is 38.8 Å². The predicted octanol–water partition coefficient (Wildman–Crippen LogP) is 3.47. The van der Waals surface area contributed by atoms with Gasteiger partial charge >= 0.3 is 12.1 Å². The number of ether oxygens (including phenoxy) is 2. The van der Waals surface area contributed by atoms with Crippen molar-refractivity contribution in [2.75, 3.05) is 7.11 Å². The van der Waals surface area contributed by atoms with Crippen LogP contribution in [0.3, 0.4) is 0 Å². The van der Waals surface area contributed by atoms with Gasteiger partial charge in [0.15, 0.2) is 0 Å².